The minimum Gasteiger partial charge on any atom is -0.381 e. The van der Waals surface area contributed by atoms with Gasteiger partial charge in [-0.1, -0.05) is 0 Å². The van der Waals surface area contributed by atoms with Crippen LogP contribution >= 0.6 is 0 Å². The van der Waals surface area contributed by atoms with Crippen LogP contribution in [0.5, 0.6) is 0 Å². The molecule has 0 aliphatic carbocycles. The van der Waals surface area contributed by atoms with Gasteiger partial charge in [0.05, 0.1) is 11.8 Å². The van der Waals surface area contributed by atoms with Gasteiger partial charge in [-0.05, 0) is 26.0 Å². The van der Waals surface area contributed by atoms with E-state index in [-0.39, 0.29) is 11.1 Å². The quantitative estimate of drug-likeness (QED) is 0.591. The number of nitrogens with one attached hydrogen (secondary N) is 3. The number of imidazole rings is 1. The van der Waals surface area contributed by atoms with E-state index in [1.54, 1.807) is 0 Å². The highest BCUT2D eigenvalue weighted by atomic mass is 19.1. The summed E-state index contributed by atoms with van der Waals surface area (Å²) in [4.78, 5) is 29.9. The van der Waals surface area contributed by atoms with E-state index in [4.69, 9.17) is 0 Å². The molecule has 8 heteroatoms. The van der Waals surface area contributed by atoms with Crippen molar-refractivity contribution in [1.29, 1.82) is 0 Å². The first-order chi connectivity index (χ1) is 9.30. The first kappa shape index (κ1) is 13.9. The molecule has 2 rings (SSSR count). The number of hydrazine groups is 1. The highest BCUT2D eigenvalue weighted by Crippen LogP contribution is 2.18. The van der Waals surface area contributed by atoms with E-state index in [9.17, 15) is 19.1 Å². The zero-order valence-electron chi connectivity index (χ0n) is 10.8. The number of hydrogen-bond acceptors (Lipinski definition) is 4. The first-order valence-electron chi connectivity index (χ1n) is 5.75. The van der Waals surface area contributed by atoms with Crippen molar-refractivity contribution in [3.05, 3.63) is 29.8 Å². The average molecular weight is 280 g/mol. The Morgan fingerprint density at radius 2 is 2.05 bits per heavy atom. The Bertz CT molecular complexity index is 675. The maximum atomic E-state index is 13.7. The lowest BCUT2D eigenvalue weighted by Gasteiger charge is -2.17. The molecule has 0 spiro atoms. The molecule has 0 aliphatic heterocycles. The summed E-state index contributed by atoms with van der Waals surface area (Å²) in [6, 6.07) is 2.57. The van der Waals surface area contributed by atoms with E-state index in [0.717, 1.165) is 6.07 Å². The van der Waals surface area contributed by atoms with Gasteiger partial charge in [-0.25, -0.2) is 9.37 Å². The first-order valence-corrected chi connectivity index (χ1v) is 5.75. The topological polar surface area (TPSA) is 107 Å². The monoisotopic (exact) mass is 280 g/mol. The van der Waals surface area contributed by atoms with E-state index in [1.165, 1.54) is 26.2 Å². The number of carbonyl (C=O) groups is 2. The Hall–Kier alpha value is -2.48. The number of amides is 2. The van der Waals surface area contributed by atoms with Gasteiger partial charge >= 0.3 is 0 Å². The molecule has 1 heterocycles. The van der Waals surface area contributed by atoms with Gasteiger partial charge in [-0.2, -0.15) is 0 Å². The largest absolute Gasteiger partial charge is 0.381 e. The normalized spacial score (nSPS) is 11.4. The van der Waals surface area contributed by atoms with Crippen molar-refractivity contribution >= 4 is 22.8 Å². The van der Waals surface area contributed by atoms with Crippen LogP contribution in [0.25, 0.3) is 11.0 Å². The Morgan fingerprint density at radius 1 is 1.35 bits per heavy atom. The molecule has 0 bridgehead atoms. The van der Waals surface area contributed by atoms with E-state index in [2.05, 4.69) is 9.97 Å². The number of nitrogens with zero attached hydrogens (tertiary/aromatic N) is 1. The van der Waals surface area contributed by atoms with Crippen molar-refractivity contribution in [3.63, 3.8) is 0 Å². The number of rotatable bonds is 2. The maximum absolute atomic E-state index is 13.7. The van der Waals surface area contributed by atoms with Crippen LogP contribution in [-0.4, -0.2) is 32.5 Å². The SMILES string of the molecule is CC(C)(O)C(=O)NNC(=O)c1c(F)ccc2[nH]cnc12. The lowest BCUT2D eigenvalue weighted by molar-refractivity contribution is -0.137. The molecule has 4 N–H and O–H groups in total. The second-order valence-corrected chi connectivity index (χ2v) is 4.69. The molecule has 1 aromatic carbocycles. The zero-order valence-corrected chi connectivity index (χ0v) is 10.8. The predicted octanol–water partition coefficient (Wildman–Crippen LogP) is 0.234. The summed E-state index contributed by atoms with van der Waals surface area (Å²) < 4.78 is 13.7. The van der Waals surface area contributed by atoms with Crippen molar-refractivity contribution in [1.82, 2.24) is 20.8 Å². The Kier molecular flexibility index (Phi) is 3.41. The lowest BCUT2D eigenvalue weighted by Crippen LogP contribution is -2.50. The lowest BCUT2D eigenvalue weighted by atomic mass is 10.1. The number of halogens is 1. The number of aliphatic hydroxyl groups is 1. The van der Waals surface area contributed by atoms with Gasteiger partial charge in [0.2, 0.25) is 0 Å². The number of aromatic amines is 1. The van der Waals surface area contributed by atoms with Crippen LogP contribution in [0, 0.1) is 5.82 Å². The molecule has 7 nitrogen and oxygen atoms in total. The van der Waals surface area contributed by atoms with Crippen LogP contribution in [0.2, 0.25) is 0 Å². The molecule has 0 unspecified atom stereocenters. The predicted molar refractivity (Wildman–Crippen MR) is 68.0 cm³/mol. The number of hydrogen-bond donors (Lipinski definition) is 4. The molecule has 106 valence electrons. The summed E-state index contributed by atoms with van der Waals surface area (Å²) >= 11 is 0. The van der Waals surface area contributed by atoms with Crippen LogP contribution in [-0.2, 0) is 4.79 Å². The molecule has 0 saturated heterocycles. The van der Waals surface area contributed by atoms with E-state index >= 15 is 0 Å². The molecule has 20 heavy (non-hydrogen) atoms. The fourth-order valence-electron chi connectivity index (χ4n) is 1.53. The van der Waals surface area contributed by atoms with Crippen LogP contribution in [0.3, 0.4) is 0 Å². The van der Waals surface area contributed by atoms with Gasteiger partial charge in [0.15, 0.2) is 0 Å². The third-order valence-corrected chi connectivity index (χ3v) is 2.61. The highest BCUT2D eigenvalue weighted by molar-refractivity contribution is 6.05. The van der Waals surface area contributed by atoms with Gasteiger partial charge in [0.1, 0.15) is 22.5 Å². The summed E-state index contributed by atoms with van der Waals surface area (Å²) in [6.07, 6.45) is 1.33. The molecule has 0 saturated carbocycles. The Labute approximate surface area is 113 Å². The molecule has 2 amide bonds. The summed E-state index contributed by atoms with van der Waals surface area (Å²) in [5.74, 6) is -2.45. The standard InChI is InChI=1S/C12H13FN4O3/c1-12(2,20)11(19)17-16-10(18)8-6(13)3-4-7-9(8)15-5-14-7/h3-5,20H,1-2H3,(H,14,15)(H,16,18)(H,17,19). The maximum Gasteiger partial charge on any atom is 0.274 e. The Balaban J connectivity index is 2.22. The van der Waals surface area contributed by atoms with Crippen LogP contribution < -0.4 is 10.9 Å². The summed E-state index contributed by atoms with van der Waals surface area (Å²) in [5.41, 5.74) is 2.74. The fourth-order valence-corrected chi connectivity index (χ4v) is 1.53. The van der Waals surface area contributed by atoms with E-state index in [0.29, 0.717) is 5.52 Å². The molecular formula is C12H13FN4O3. The Morgan fingerprint density at radius 3 is 2.70 bits per heavy atom. The molecule has 0 atom stereocenters. The third kappa shape index (κ3) is 2.59. The van der Waals surface area contributed by atoms with Crippen LogP contribution in [0.15, 0.2) is 18.5 Å². The molecular weight excluding hydrogens is 267 g/mol. The molecule has 0 fully saturated rings. The minimum atomic E-state index is -1.66. The van der Waals surface area contributed by atoms with Crippen molar-refractivity contribution in [2.75, 3.05) is 0 Å². The number of H-pyrrole nitrogens is 1. The van der Waals surface area contributed by atoms with Crippen LogP contribution in [0.1, 0.15) is 24.2 Å². The molecule has 2 aromatic rings. The summed E-state index contributed by atoms with van der Waals surface area (Å²) in [7, 11) is 0. The van der Waals surface area contributed by atoms with E-state index < -0.39 is 23.2 Å². The molecule has 0 aliphatic rings. The average Bonchev–Trinajstić information content (AvgIpc) is 2.82. The van der Waals surface area contributed by atoms with Crippen molar-refractivity contribution < 1.29 is 19.1 Å². The van der Waals surface area contributed by atoms with Crippen molar-refractivity contribution in [2.45, 2.75) is 19.4 Å². The second kappa shape index (κ2) is 4.89. The highest BCUT2D eigenvalue weighted by Gasteiger charge is 2.25. The smallest absolute Gasteiger partial charge is 0.274 e. The summed E-state index contributed by atoms with van der Waals surface area (Å²) in [6.45, 7) is 2.51. The number of carbonyl (C=O) groups excluding carboxylic acids is 2. The molecule has 1 aromatic heterocycles. The van der Waals surface area contributed by atoms with Gasteiger partial charge < -0.3 is 10.1 Å². The number of benzene rings is 1. The summed E-state index contributed by atoms with van der Waals surface area (Å²) in [5, 5.41) is 9.41. The van der Waals surface area contributed by atoms with Crippen LogP contribution in [0.4, 0.5) is 4.39 Å². The van der Waals surface area contributed by atoms with E-state index in [1.807, 2.05) is 10.9 Å². The van der Waals surface area contributed by atoms with Crippen molar-refractivity contribution in [2.24, 2.45) is 0 Å². The van der Waals surface area contributed by atoms with Gasteiger partial charge in [0.25, 0.3) is 11.8 Å². The second-order valence-electron chi connectivity index (χ2n) is 4.69. The minimum absolute atomic E-state index is 0.153. The van der Waals surface area contributed by atoms with Crippen molar-refractivity contribution in [3.8, 4) is 0 Å². The van der Waals surface area contributed by atoms with Gasteiger partial charge in [-0.3, -0.25) is 20.4 Å². The zero-order chi connectivity index (χ0) is 14.9. The fraction of sp³-hybridized carbons (Fsp3) is 0.250. The van der Waals surface area contributed by atoms with Gasteiger partial charge in [0, 0.05) is 0 Å². The third-order valence-electron chi connectivity index (χ3n) is 2.61. The van der Waals surface area contributed by atoms with Gasteiger partial charge in [-0.15, -0.1) is 0 Å². The number of aromatic nitrogens is 2. The number of fused-ring (bicyclic) bond motifs is 1. The molecule has 0 radical (unpaired) electrons.